The number of rotatable bonds is 7. The number of aryl methyl sites for hydroxylation is 1. The van der Waals surface area contributed by atoms with E-state index in [1.807, 2.05) is 0 Å². The lowest BCUT2D eigenvalue weighted by atomic mass is 10.0. The Morgan fingerprint density at radius 1 is 1.24 bits per heavy atom. The van der Waals surface area contributed by atoms with E-state index in [9.17, 15) is 9.59 Å². The van der Waals surface area contributed by atoms with Gasteiger partial charge in [-0.25, -0.2) is 4.79 Å². The Kier molecular flexibility index (Phi) is 6.17. The number of nitrogens with one attached hydrogen (secondary N) is 1. The molecule has 0 saturated carbocycles. The second-order valence-corrected chi connectivity index (χ2v) is 8.06. The van der Waals surface area contributed by atoms with Gasteiger partial charge in [0.25, 0.3) is 0 Å². The second-order valence-electron chi connectivity index (χ2n) is 6.99. The number of hydrogen-bond acceptors (Lipinski definition) is 8. The molecule has 0 saturated heterocycles. The van der Waals surface area contributed by atoms with Crippen molar-refractivity contribution in [1.82, 2.24) is 10.2 Å². The molecule has 0 spiro atoms. The molecular formula is C20H23N3O5S. The minimum Gasteiger partial charge on any atom is -0.493 e. The van der Waals surface area contributed by atoms with Gasteiger partial charge in [-0.2, -0.15) is 0 Å². The molecule has 0 aliphatic carbocycles. The summed E-state index contributed by atoms with van der Waals surface area (Å²) in [4.78, 5) is 25.0. The van der Waals surface area contributed by atoms with Crippen molar-refractivity contribution in [1.29, 1.82) is 0 Å². The van der Waals surface area contributed by atoms with Crippen molar-refractivity contribution in [3.05, 3.63) is 38.7 Å². The number of methoxy groups -OCH3 is 2. The predicted octanol–water partition coefficient (Wildman–Crippen LogP) is 3.35. The minimum atomic E-state index is -0.588. The first-order valence-corrected chi connectivity index (χ1v) is 9.95. The first-order chi connectivity index (χ1) is 13.8. The molecule has 1 amide bonds. The van der Waals surface area contributed by atoms with E-state index in [0.29, 0.717) is 39.1 Å². The second kappa shape index (κ2) is 8.60. The Morgan fingerprint density at radius 2 is 2.00 bits per heavy atom. The molecule has 0 radical (unpaired) electrons. The molecule has 3 rings (SSSR count). The average Bonchev–Trinajstić information content (AvgIpc) is 3.09. The molecule has 0 aliphatic heterocycles. The van der Waals surface area contributed by atoms with E-state index in [1.165, 1.54) is 25.6 Å². The van der Waals surface area contributed by atoms with Crippen molar-refractivity contribution in [3.63, 3.8) is 0 Å². The van der Waals surface area contributed by atoms with Crippen molar-refractivity contribution in [2.24, 2.45) is 5.92 Å². The van der Waals surface area contributed by atoms with Crippen LogP contribution in [0.25, 0.3) is 11.0 Å². The van der Waals surface area contributed by atoms with Gasteiger partial charge in [-0.3, -0.25) is 4.79 Å². The third-order valence-corrected chi connectivity index (χ3v) is 5.29. The van der Waals surface area contributed by atoms with E-state index in [4.69, 9.17) is 13.9 Å². The molecule has 1 N–H and O–H groups in total. The number of benzene rings is 1. The molecule has 8 nitrogen and oxygen atoms in total. The van der Waals surface area contributed by atoms with Gasteiger partial charge in [0.2, 0.25) is 16.8 Å². The first-order valence-electron chi connectivity index (χ1n) is 9.13. The van der Waals surface area contributed by atoms with Crippen LogP contribution in [0.2, 0.25) is 0 Å². The van der Waals surface area contributed by atoms with Crippen molar-refractivity contribution >= 4 is 33.3 Å². The number of ether oxygens (including phenoxy) is 2. The van der Waals surface area contributed by atoms with Gasteiger partial charge in [-0.15, -0.1) is 10.2 Å². The molecule has 154 valence electrons. The van der Waals surface area contributed by atoms with Crippen molar-refractivity contribution in [2.45, 2.75) is 33.6 Å². The minimum absolute atomic E-state index is 0.127. The van der Waals surface area contributed by atoms with Gasteiger partial charge >= 0.3 is 5.63 Å². The van der Waals surface area contributed by atoms with Crippen molar-refractivity contribution < 1.29 is 18.7 Å². The number of aromatic nitrogens is 2. The Morgan fingerprint density at radius 3 is 2.66 bits per heavy atom. The first kappa shape index (κ1) is 20.8. The molecule has 2 heterocycles. The van der Waals surface area contributed by atoms with Crippen molar-refractivity contribution in [3.8, 4) is 11.5 Å². The van der Waals surface area contributed by atoms with Crippen LogP contribution in [0.4, 0.5) is 5.13 Å². The maximum atomic E-state index is 12.6. The standard InChI is InChI=1S/C20H23N3O5S/c1-10(2)8-16-22-23-20(29-16)21-15(24)9-13-11(3)12-6-7-14(26-4)18(27-5)17(12)28-19(13)25/h6-7,10H,8-9H2,1-5H3,(H,21,23,24). The number of anilines is 1. The highest BCUT2D eigenvalue weighted by Gasteiger charge is 2.20. The maximum Gasteiger partial charge on any atom is 0.340 e. The van der Waals surface area contributed by atoms with Gasteiger partial charge < -0.3 is 19.2 Å². The fourth-order valence-corrected chi connectivity index (χ4v) is 4.00. The highest BCUT2D eigenvalue weighted by atomic mass is 32.1. The summed E-state index contributed by atoms with van der Waals surface area (Å²) in [5.41, 5.74) is 0.648. The summed E-state index contributed by atoms with van der Waals surface area (Å²) in [6.07, 6.45) is 0.670. The topological polar surface area (TPSA) is 104 Å². The molecule has 0 aliphatic rings. The molecule has 3 aromatic rings. The van der Waals surface area contributed by atoms with Crippen LogP contribution in [0.15, 0.2) is 21.3 Å². The zero-order valence-electron chi connectivity index (χ0n) is 17.0. The lowest BCUT2D eigenvalue weighted by Crippen LogP contribution is -2.20. The lowest BCUT2D eigenvalue weighted by Gasteiger charge is -2.12. The van der Waals surface area contributed by atoms with E-state index < -0.39 is 5.63 Å². The van der Waals surface area contributed by atoms with Crippen molar-refractivity contribution in [2.75, 3.05) is 19.5 Å². The molecule has 29 heavy (non-hydrogen) atoms. The van der Waals surface area contributed by atoms with Gasteiger partial charge in [-0.05, 0) is 30.5 Å². The summed E-state index contributed by atoms with van der Waals surface area (Å²) in [5, 5.41) is 12.7. The van der Waals surface area contributed by atoms with Crippen LogP contribution in [0.5, 0.6) is 11.5 Å². The lowest BCUT2D eigenvalue weighted by molar-refractivity contribution is -0.115. The molecule has 0 unspecified atom stereocenters. The predicted molar refractivity (Wildman–Crippen MR) is 111 cm³/mol. The highest BCUT2D eigenvalue weighted by Crippen LogP contribution is 2.36. The maximum absolute atomic E-state index is 12.6. The van der Waals surface area contributed by atoms with Gasteiger partial charge in [0.1, 0.15) is 5.01 Å². The normalized spacial score (nSPS) is 11.1. The number of carbonyl (C=O) groups excluding carboxylic acids is 1. The smallest absolute Gasteiger partial charge is 0.340 e. The summed E-state index contributed by atoms with van der Waals surface area (Å²) in [6, 6.07) is 3.51. The molecule has 1 aromatic carbocycles. The van der Waals surface area contributed by atoms with Gasteiger partial charge in [0.05, 0.1) is 26.2 Å². The molecule has 0 atom stereocenters. The average molecular weight is 417 g/mol. The molecular weight excluding hydrogens is 394 g/mol. The zero-order chi connectivity index (χ0) is 21.1. The van der Waals surface area contributed by atoms with Crippen LogP contribution >= 0.6 is 11.3 Å². The van der Waals surface area contributed by atoms with Crippen LogP contribution in [-0.4, -0.2) is 30.3 Å². The summed E-state index contributed by atoms with van der Waals surface area (Å²) >= 11 is 1.33. The summed E-state index contributed by atoms with van der Waals surface area (Å²) in [7, 11) is 2.98. The number of nitrogens with zero attached hydrogens (tertiary/aromatic N) is 2. The van der Waals surface area contributed by atoms with Crippen LogP contribution in [-0.2, 0) is 17.6 Å². The Bertz CT molecular complexity index is 1100. The van der Waals surface area contributed by atoms with E-state index >= 15 is 0 Å². The highest BCUT2D eigenvalue weighted by molar-refractivity contribution is 7.15. The third-order valence-electron chi connectivity index (χ3n) is 4.43. The van der Waals surface area contributed by atoms with Gasteiger partial charge in [-0.1, -0.05) is 25.2 Å². The summed E-state index contributed by atoms with van der Waals surface area (Å²) in [6.45, 7) is 5.96. The van der Waals surface area contributed by atoms with E-state index in [-0.39, 0.29) is 17.9 Å². The fourth-order valence-electron chi connectivity index (χ4n) is 3.03. The Labute approximate surface area is 171 Å². The zero-order valence-corrected chi connectivity index (χ0v) is 17.8. The number of amides is 1. The molecule has 0 fully saturated rings. The van der Waals surface area contributed by atoms with Crippen LogP contribution in [0, 0.1) is 12.8 Å². The number of fused-ring (bicyclic) bond motifs is 1. The van der Waals surface area contributed by atoms with E-state index in [0.717, 1.165) is 11.4 Å². The largest absolute Gasteiger partial charge is 0.493 e. The fraction of sp³-hybridized carbons (Fsp3) is 0.400. The van der Waals surface area contributed by atoms with E-state index in [2.05, 4.69) is 29.4 Å². The molecule has 9 heteroatoms. The third kappa shape index (κ3) is 4.40. The van der Waals surface area contributed by atoms with Crippen LogP contribution in [0.3, 0.4) is 0 Å². The quantitative estimate of drug-likeness (QED) is 0.588. The van der Waals surface area contributed by atoms with Crippen LogP contribution < -0.4 is 20.4 Å². The van der Waals surface area contributed by atoms with Gasteiger partial charge in [0, 0.05) is 11.8 Å². The Hall–Kier alpha value is -2.94. The summed E-state index contributed by atoms with van der Waals surface area (Å²) < 4.78 is 16.1. The molecule has 0 bridgehead atoms. The Balaban J connectivity index is 1.87. The van der Waals surface area contributed by atoms with E-state index in [1.54, 1.807) is 19.1 Å². The monoisotopic (exact) mass is 417 g/mol. The molecule has 2 aromatic heterocycles. The van der Waals surface area contributed by atoms with Crippen LogP contribution in [0.1, 0.15) is 30.0 Å². The SMILES string of the molecule is COc1ccc2c(C)c(CC(=O)Nc3nnc(CC(C)C)s3)c(=O)oc2c1OC. The van der Waals surface area contributed by atoms with Gasteiger partial charge in [0.15, 0.2) is 11.3 Å². The summed E-state index contributed by atoms with van der Waals surface area (Å²) in [5.74, 6) is 0.897. The number of hydrogen-bond donors (Lipinski definition) is 1. The number of carbonyl (C=O) groups is 1.